The molecule has 0 saturated carbocycles. The van der Waals surface area contributed by atoms with Crippen LogP contribution in [-0.4, -0.2) is 12.5 Å². The van der Waals surface area contributed by atoms with Crippen LogP contribution in [0, 0.1) is 30.1 Å². The van der Waals surface area contributed by atoms with E-state index in [1.807, 2.05) is 13.0 Å². The molecule has 1 heterocycles. The maximum atomic E-state index is 12.2. The fraction of sp³-hybridized carbons (Fsp3) is 0.125. The number of benzene rings is 1. The molecule has 0 atom stereocenters. The van der Waals surface area contributed by atoms with Crippen LogP contribution in [0.5, 0.6) is 0 Å². The highest BCUT2D eigenvalue weighted by Crippen LogP contribution is 2.21. The number of rotatable bonds is 2. The Hall–Kier alpha value is -2.60. The first-order chi connectivity index (χ1) is 10.2. The monoisotopic (exact) mass is 295 g/mol. The van der Waals surface area contributed by atoms with E-state index in [4.69, 9.17) is 11.0 Å². The molecule has 1 aromatic carbocycles. The van der Waals surface area contributed by atoms with E-state index in [1.54, 1.807) is 24.3 Å². The number of nitrogens with one attached hydrogen (secondary N) is 1. The van der Waals surface area contributed by atoms with Crippen LogP contribution < -0.4 is 11.1 Å². The lowest BCUT2D eigenvalue weighted by Crippen LogP contribution is -2.11. The predicted molar refractivity (Wildman–Crippen MR) is 84.1 cm³/mol. The van der Waals surface area contributed by atoms with Crippen molar-refractivity contribution >= 4 is 22.9 Å². The van der Waals surface area contributed by atoms with Crippen molar-refractivity contribution in [3.63, 3.8) is 0 Å². The minimum absolute atomic E-state index is 0.247. The number of anilines is 1. The summed E-state index contributed by atoms with van der Waals surface area (Å²) in [4.78, 5) is 13.5. The lowest BCUT2D eigenvalue weighted by molar-refractivity contribution is 0.103. The lowest BCUT2D eigenvalue weighted by atomic mass is 10.1. The number of nitriles is 1. The minimum Gasteiger partial charge on any atom is -0.320 e. The SMILES string of the molecule is Cc1cccc(NC(=O)c2ccc(C#CCN)s2)c1C#N. The van der Waals surface area contributed by atoms with E-state index in [0.717, 1.165) is 10.4 Å². The summed E-state index contributed by atoms with van der Waals surface area (Å²) in [6.45, 7) is 2.12. The van der Waals surface area contributed by atoms with Crippen molar-refractivity contribution in [3.8, 4) is 17.9 Å². The van der Waals surface area contributed by atoms with E-state index in [-0.39, 0.29) is 12.5 Å². The van der Waals surface area contributed by atoms with Crippen LogP contribution >= 0.6 is 11.3 Å². The van der Waals surface area contributed by atoms with Crippen LogP contribution in [0.25, 0.3) is 0 Å². The molecule has 104 valence electrons. The molecule has 0 aliphatic carbocycles. The number of carbonyl (C=O) groups is 1. The van der Waals surface area contributed by atoms with Gasteiger partial charge >= 0.3 is 0 Å². The van der Waals surface area contributed by atoms with E-state index in [2.05, 4.69) is 23.2 Å². The molecule has 2 rings (SSSR count). The summed E-state index contributed by atoms with van der Waals surface area (Å²) in [7, 11) is 0. The van der Waals surface area contributed by atoms with Gasteiger partial charge in [0.1, 0.15) is 6.07 Å². The number of amides is 1. The van der Waals surface area contributed by atoms with Gasteiger partial charge in [0.25, 0.3) is 5.91 Å². The Morgan fingerprint density at radius 3 is 2.90 bits per heavy atom. The van der Waals surface area contributed by atoms with E-state index < -0.39 is 0 Å². The van der Waals surface area contributed by atoms with E-state index in [0.29, 0.717) is 16.1 Å². The Morgan fingerprint density at radius 1 is 1.38 bits per heavy atom. The molecule has 4 nitrogen and oxygen atoms in total. The third-order valence-electron chi connectivity index (χ3n) is 2.78. The normalized spacial score (nSPS) is 9.38. The summed E-state index contributed by atoms with van der Waals surface area (Å²) in [5, 5.41) is 11.9. The van der Waals surface area contributed by atoms with Gasteiger partial charge in [-0.25, -0.2) is 0 Å². The summed E-state index contributed by atoms with van der Waals surface area (Å²) < 4.78 is 0. The van der Waals surface area contributed by atoms with Gasteiger partial charge in [0, 0.05) is 0 Å². The van der Waals surface area contributed by atoms with Gasteiger partial charge in [-0.1, -0.05) is 24.0 Å². The average Bonchev–Trinajstić information content (AvgIpc) is 2.94. The van der Waals surface area contributed by atoms with Crippen LogP contribution in [-0.2, 0) is 0 Å². The zero-order valence-electron chi connectivity index (χ0n) is 11.4. The molecule has 0 fully saturated rings. The zero-order chi connectivity index (χ0) is 15.2. The molecule has 0 aliphatic heterocycles. The molecule has 2 aromatic rings. The van der Waals surface area contributed by atoms with Crippen molar-refractivity contribution in [1.82, 2.24) is 0 Å². The van der Waals surface area contributed by atoms with Gasteiger partial charge in [0.2, 0.25) is 0 Å². The molecule has 3 N–H and O–H groups in total. The highest BCUT2D eigenvalue weighted by Gasteiger charge is 2.12. The first-order valence-corrected chi connectivity index (χ1v) is 7.07. The molecular weight excluding hydrogens is 282 g/mol. The highest BCUT2D eigenvalue weighted by molar-refractivity contribution is 7.14. The Labute approximate surface area is 127 Å². The Balaban J connectivity index is 2.21. The quantitative estimate of drug-likeness (QED) is 0.835. The first-order valence-electron chi connectivity index (χ1n) is 6.25. The van der Waals surface area contributed by atoms with Crippen molar-refractivity contribution in [2.24, 2.45) is 5.73 Å². The Morgan fingerprint density at radius 2 is 2.19 bits per heavy atom. The van der Waals surface area contributed by atoms with Crippen LogP contribution in [0.15, 0.2) is 30.3 Å². The third kappa shape index (κ3) is 3.49. The van der Waals surface area contributed by atoms with Gasteiger partial charge < -0.3 is 11.1 Å². The van der Waals surface area contributed by atoms with Gasteiger partial charge in [-0.3, -0.25) is 4.79 Å². The van der Waals surface area contributed by atoms with Crippen LogP contribution in [0.1, 0.15) is 25.7 Å². The lowest BCUT2D eigenvalue weighted by Gasteiger charge is -2.07. The number of thiophene rings is 1. The van der Waals surface area contributed by atoms with Crippen LogP contribution in [0.3, 0.4) is 0 Å². The number of carbonyl (C=O) groups excluding carboxylic acids is 1. The molecule has 0 radical (unpaired) electrons. The summed E-state index contributed by atoms with van der Waals surface area (Å²) >= 11 is 1.29. The maximum Gasteiger partial charge on any atom is 0.265 e. The van der Waals surface area contributed by atoms with E-state index in [9.17, 15) is 4.79 Å². The molecule has 0 unspecified atom stereocenters. The summed E-state index contributed by atoms with van der Waals surface area (Å²) in [5.41, 5.74) is 7.14. The zero-order valence-corrected chi connectivity index (χ0v) is 12.3. The van der Waals surface area contributed by atoms with Crippen molar-refractivity contribution < 1.29 is 4.79 Å². The van der Waals surface area contributed by atoms with Gasteiger partial charge in [0.15, 0.2) is 0 Å². The van der Waals surface area contributed by atoms with Crippen molar-refractivity contribution in [2.45, 2.75) is 6.92 Å². The third-order valence-corrected chi connectivity index (χ3v) is 3.78. The Bertz CT molecular complexity index is 775. The molecular formula is C16H13N3OS. The summed E-state index contributed by atoms with van der Waals surface area (Å²) in [6.07, 6.45) is 0. The topological polar surface area (TPSA) is 78.9 Å². The first kappa shape index (κ1) is 14.8. The number of nitrogens with zero attached hydrogens (tertiary/aromatic N) is 1. The van der Waals surface area contributed by atoms with Gasteiger partial charge in [-0.05, 0) is 30.7 Å². The summed E-state index contributed by atoms with van der Waals surface area (Å²) in [5.74, 6) is 5.38. The highest BCUT2D eigenvalue weighted by atomic mass is 32.1. The molecule has 1 aromatic heterocycles. The van der Waals surface area contributed by atoms with Gasteiger partial charge in [-0.15, -0.1) is 11.3 Å². The van der Waals surface area contributed by atoms with Crippen molar-refractivity contribution in [1.29, 1.82) is 5.26 Å². The molecule has 0 aliphatic rings. The van der Waals surface area contributed by atoms with Gasteiger partial charge in [-0.2, -0.15) is 5.26 Å². The molecule has 1 amide bonds. The maximum absolute atomic E-state index is 12.2. The molecule has 5 heteroatoms. The van der Waals surface area contributed by atoms with Crippen LogP contribution in [0.2, 0.25) is 0 Å². The molecule has 21 heavy (non-hydrogen) atoms. The second kappa shape index (κ2) is 6.71. The Kier molecular flexibility index (Phi) is 4.73. The smallest absolute Gasteiger partial charge is 0.265 e. The minimum atomic E-state index is -0.247. The fourth-order valence-electron chi connectivity index (χ4n) is 1.77. The molecule has 0 spiro atoms. The summed E-state index contributed by atoms with van der Waals surface area (Å²) in [6, 6.07) is 10.9. The number of aryl methyl sites for hydroxylation is 1. The molecule has 0 saturated heterocycles. The number of hydrogen-bond acceptors (Lipinski definition) is 4. The fourth-order valence-corrected chi connectivity index (χ4v) is 2.55. The predicted octanol–water partition coefficient (Wildman–Crippen LogP) is 2.49. The average molecular weight is 295 g/mol. The van der Waals surface area contributed by atoms with Gasteiger partial charge in [0.05, 0.1) is 27.5 Å². The second-order valence-electron chi connectivity index (χ2n) is 4.23. The largest absolute Gasteiger partial charge is 0.320 e. The van der Waals surface area contributed by atoms with Crippen LogP contribution in [0.4, 0.5) is 5.69 Å². The van der Waals surface area contributed by atoms with E-state index >= 15 is 0 Å². The number of nitrogens with two attached hydrogens (primary N) is 1. The van der Waals surface area contributed by atoms with Crippen molar-refractivity contribution in [2.75, 3.05) is 11.9 Å². The second-order valence-corrected chi connectivity index (χ2v) is 5.32. The van der Waals surface area contributed by atoms with E-state index in [1.165, 1.54) is 11.3 Å². The standard InChI is InChI=1S/C16H13N3OS/c1-11-4-2-6-14(13(11)10-18)19-16(20)15-8-7-12(21-15)5-3-9-17/h2,4,6-8H,9,17H2,1H3,(H,19,20). The number of hydrogen-bond donors (Lipinski definition) is 2. The molecule has 0 bridgehead atoms. The van der Waals surface area contributed by atoms with Crippen molar-refractivity contribution in [3.05, 3.63) is 51.2 Å².